The van der Waals surface area contributed by atoms with Gasteiger partial charge >= 0.3 is 6.18 Å². The number of nitrogens with one attached hydrogen (secondary N) is 1. The smallest absolute Gasteiger partial charge is 0.320 e. The maximum atomic E-state index is 13.8. The van der Waals surface area contributed by atoms with Crippen LogP contribution in [-0.4, -0.2) is 10.9 Å². The molecule has 0 aliphatic heterocycles. The van der Waals surface area contributed by atoms with Gasteiger partial charge in [0.15, 0.2) is 0 Å². The molecule has 110 valence electrons. The fraction of sp³-hybridized carbons (Fsp3) is 0.0769. The molecule has 0 fully saturated rings. The number of aromatic nitrogens is 1. The van der Waals surface area contributed by atoms with Gasteiger partial charge in [0.25, 0.3) is 5.91 Å². The van der Waals surface area contributed by atoms with Gasteiger partial charge in [-0.25, -0.2) is 9.37 Å². The molecule has 1 aromatic heterocycles. The number of rotatable bonds is 2. The SMILES string of the molecule is O=C(Nc1ccc(Br)nc1)c1cccc(C(F)(F)F)c1F. The molecule has 21 heavy (non-hydrogen) atoms. The molecule has 0 atom stereocenters. The van der Waals surface area contributed by atoms with Gasteiger partial charge in [-0.2, -0.15) is 13.2 Å². The van der Waals surface area contributed by atoms with Crippen LogP contribution in [0.15, 0.2) is 41.1 Å². The third kappa shape index (κ3) is 3.57. The summed E-state index contributed by atoms with van der Waals surface area (Å²) in [4.78, 5) is 15.7. The Morgan fingerprint density at radius 1 is 1.19 bits per heavy atom. The summed E-state index contributed by atoms with van der Waals surface area (Å²) >= 11 is 3.09. The molecule has 1 heterocycles. The Morgan fingerprint density at radius 3 is 2.48 bits per heavy atom. The zero-order chi connectivity index (χ0) is 15.6. The largest absolute Gasteiger partial charge is 0.419 e. The highest BCUT2D eigenvalue weighted by Gasteiger charge is 2.35. The van der Waals surface area contributed by atoms with Crippen molar-refractivity contribution in [1.29, 1.82) is 0 Å². The molecule has 3 nitrogen and oxygen atoms in total. The summed E-state index contributed by atoms with van der Waals surface area (Å²) in [5.41, 5.74) is -1.93. The number of pyridine rings is 1. The fourth-order valence-electron chi connectivity index (χ4n) is 1.57. The van der Waals surface area contributed by atoms with E-state index in [-0.39, 0.29) is 5.69 Å². The van der Waals surface area contributed by atoms with Crippen molar-refractivity contribution in [3.05, 3.63) is 58.1 Å². The van der Waals surface area contributed by atoms with Crippen molar-refractivity contribution in [2.45, 2.75) is 6.18 Å². The summed E-state index contributed by atoms with van der Waals surface area (Å²) in [6, 6.07) is 5.53. The predicted octanol–water partition coefficient (Wildman–Crippen LogP) is 4.25. The molecule has 0 spiro atoms. The Labute approximate surface area is 125 Å². The van der Waals surface area contributed by atoms with Crippen LogP contribution in [-0.2, 0) is 6.18 Å². The van der Waals surface area contributed by atoms with Crippen LogP contribution in [0.25, 0.3) is 0 Å². The standard InChI is InChI=1S/C13H7BrF4N2O/c14-10-5-4-7(6-19-10)20-12(21)8-2-1-3-9(11(8)15)13(16,17)18/h1-6H,(H,20,21). The molecule has 1 amide bonds. The van der Waals surface area contributed by atoms with E-state index in [0.717, 1.165) is 12.1 Å². The highest BCUT2D eigenvalue weighted by Crippen LogP contribution is 2.32. The van der Waals surface area contributed by atoms with Gasteiger partial charge in [0, 0.05) is 0 Å². The Kier molecular flexibility index (Phi) is 4.26. The average molecular weight is 363 g/mol. The molecular formula is C13H7BrF4N2O. The Bertz CT molecular complexity index is 671. The minimum atomic E-state index is -4.86. The lowest BCUT2D eigenvalue weighted by atomic mass is 10.1. The molecule has 0 unspecified atom stereocenters. The second-order valence-corrected chi connectivity index (χ2v) is 4.80. The topological polar surface area (TPSA) is 42.0 Å². The van der Waals surface area contributed by atoms with Gasteiger partial charge in [-0.05, 0) is 40.2 Å². The highest BCUT2D eigenvalue weighted by molar-refractivity contribution is 9.10. The molecule has 0 saturated carbocycles. The first kappa shape index (κ1) is 15.4. The van der Waals surface area contributed by atoms with Crippen molar-refractivity contribution >= 4 is 27.5 Å². The van der Waals surface area contributed by atoms with Crippen molar-refractivity contribution < 1.29 is 22.4 Å². The molecule has 0 bridgehead atoms. The van der Waals surface area contributed by atoms with Crippen LogP contribution in [0.2, 0.25) is 0 Å². The molecule has 0 aliphatic rings. The van der Waals surface area contributed by atoms with E-state index in [1.54, 1.807) is 0 Å². The van der Waals surface area contributed by atoms with E-state index in [9.17, 15) is 22.4 Å². The van der Waals surface area contributed by atoms with E-state index in [1.165, 1.54) is 18.3 Å². The minimum Gasteiger partial charge on any atom is -0.320 e. The van der Waals surface area contributed by atoms with E-state index in [4.69, 9.17) is 0 Å². The zero-order valence-corrected chi connectivity index (χ0v) is 11.8. The number of benzene rings is 1. The predicted molar refractivity (Wildman–Crippen MR) is 71.3 cm³/mol. The van der Waals surface area contributed by atoms with Crippen LogP contribution in [0.4, 0.5) is 23.2 Å². The van der Waals surface area contributed by atoms with Crippen molar-refractivity contribution in [2.24, 2.45) is 0 Å². The van der Waals surface area contributed by atoms with E-state index < -0.39 is 29.0 Å². The lowest BCUT2D eigenvalue weighted by molar-refractivity contribution is -0.140. The Balaban J connectivity index is 2.30. The second kappa shape index (κ2) is 5.80. The third-order valence-electron chi connectivity index (χ3n) is 2.53. The van der Waals surface area contributed by atoms with Gasteiger partial charge in [0.2, 0.25) is 0 Å². The van der Waals surface area contributed by atoms with Crippen LogP contribution in [0.5, 0.6) is 0 Å². The van der Waals surface area contributed by atoms with Gasteiger partial charge < -0.3 is 5.32 Å². The Morgan fingerprint density at radius 2 is 1.90 bits per heavy atom. The van der Waals surface area contributed by atoms with Crippen LogP contribution in [0.3, 0.4) is 0 Å². The number of nitrogens with zero attached hydrogens (tertiary/aromatic N) is 1. The summed E-state index contributed by atoms with van der Waals surface area (Å²) < 4.78 is 52.0. The zero-order valence-electron chi connectivity index (χ0n) is 10.2. The summed E-state index contributed by atoms with van der Waals surface area (Å²) in [5.74, 6) is -2.59. The van der Waals surface area contributed by atoms with Crippen molar-refractivity contribution in [3.63, 3.8) is 0 Å². The quantitative estimate of drug-likeness (QED) is 0.640. The molecule has 2 aromatic rings. The minimum absolute atomic E-state index is 0.236. The first-order valence-corrected chi connectivity index (χ1v) is 6.37. The number of carbonyl (C=O) groups is 1. The van der Waals surface area contributed by atoms with Crippen molar-refractivity contribution in [3.8, 4) is 0 Å². The maximum absolute atomic E-state index is 13.8. The first-order valence-electron chi connectivity index (χ1n) is 5.57. The maximum Gasteiger partial charge on any atom is 0.419 e. The number of amides is 1. The highest BCUT2D eigenvalue weighted by atomic mass is 79.9. The van der Waals surface area contributed by atoms with Gasteiger partial charge in [-0.15, -0.1) is 0 Å². The fourth-order valence-corrected chi connectivity index (χ4v) is 1.81. The van der Waals surface area contributed by atoms with Crippen molar-refractivity contribution in [2.75, 3.05) is 5.32 Å². The summed E-state index contributed by atoms with van der Waals surface area (Å²) in [6.45, 7) is 0. The lowest BCUT2D eigenvalue weighted by Gasteiger charge is -2.11. The lowest BCUT2D eigenvalue weighted by Crippen LogP contribution is -2.17. The van der Waals surface area contributed by atoms with Gasteiger partial charge in [-0.3, -0.25) is 4.79 Å². The molecule has 0 radical (unpaired) electrons. The van der Waals surface area contributed by atoms with Crippen LogP contribution < -0.4 is 5.32 Å². The normalized spacial score (nSPS) is 11.3. The average Bonchev–Trinajstić information content (AvgIpc) is 2.40. The van der Waals surface area contributed by atoms with Crippen LogP contribution >= 0.6 is 15.9 Å². The number of hydrogen-bond donors (Lipinski definition) is 1. The first-order chi connectivity index (χ1) is 9.79. The van der Waals surface area contributed by atoms with E-state index in [0.29, 0.717) is 10.7 Å². The van der Waals surface area contributed by atoms with Gasteiger partial charge in [-0.1, -0.05) is 6.07 Å². The molecule has 2 rings (SSSR count). The van der Waals surface area contributed by atoms with Gasteiger partial charge in [0.1, 0.15) is 10.4 Å². The summed E-state index contributed by atoms with van der Waals surface area (Å²) in [5, 5.41) is 2.28. The molecule has 8 heteroatoms. The number of anilines is 1. The number of halogens is 5. The number of carbonyl (C=O) groups excluding carboxylic acids is 1. The monoisotopic (exact) mass is 362 g/mol. The summed E-state index contributed by atoms with van der Waals surface area (Å²) in [6.07, 6.45) is -3.58. The Hall–Kier alpha value is -1.96. The van der Waals surface area contributed by atoms with Crippen molar-refractivity contribution in [1.82, 2.24) is 4.98 Å². The van der Waals surface area contributed by atoms with Crippen LogP contribution in [0.1, 0.15) is 15.9 Å². The van der Waals surface area contributed by atoms with Crippen LogP contribution in [0, 0.1) is 5.82 Å². The summed E-state index contributed by atoms with van der Waals surface area (Å²) in [7, 11) is 0. The molecular weight excluding hydrogens is 356 g/mol. The van der Waals surface area contributed by atoms with Gasteiger partial charge in [0.05, 0.1) is 23.0 Å². The number of hydrogen-bond acceptors (Lipinski definition) is 2. The molecule has 1 N–H and O–H groups in total. The second-order valence-electron chi connectivity index (χ2n) is 3.99. The van der Waals surface area contributed by atoms with E-state index in [1.807, 2.05) is 0 Å². The van der Waals surface area contributed by atoms with E-state index in [2.05, 4.69) is 26.2 Å². The molecule has 1 aromatic carbocycles. The number of alkyl halides is 3. The molecule has 0 aliphatic carbocycles. The van der Waals surface area contributed by atoms with E-state index >= 15 is 0 Å². The molecule has 0 saturated heterocycles. The third-order valence-corrected chi connectivity index (χ3v) is 3.00.